The minimum atomic E-state index is -0.948. The molecule has 1 N–H and O–H groups in total. The largest absolute Gasteiger partial charge is 0.481 e. The Morgan fingerprint density at radius 1 is 1.00 bits per heavy atom. The van der Waals surface area contributed by atoms with E-state index in [1.54, 1.807) is 12.1 Å². The first-order chi connectivity index (χ1) is 11.9. The molecule has 25 heavy (non-hydrogen) atoms. The van der Waals surface area contributed by atoms with Crippen LogP contribution in [0, 0.1) is 0 Å². The molecule has 1 unspecified atom stereocenters. The zero-order chi connectivity index (χ0) is 18.4. The highest BCUT2D eigenvalue weighted by Gasteiger charge is 2.25. The van der Waals surface area contributed by atoms with Crippen molar-refractivity contribution in [1.82, 2.24) is 0 Å². The fourth-order valence-corrected chi connectivity index (χ4v) is 3.06. The van der Waals surface area contributed by atoms with Crippen molar-refractivity contribution < 1.29 is 14.7 Å². The lowest BCUT2D eigenvalue weighted by Gasteiger charge is -2.16. The summed E-state index contributed by atoms with van der Waals surface area (Å²) in [5, 5.41) is 9.68. The third-order valence-corrected chi connectivity index (χ3v) is 4.54. The van der Waals surface area contributed by atoms with Crippen LogP contribution < -0.4 is 0 Å². The molecule has 0 radical (unpaired) electrons. The van der Waals surface area contributed by atoms with E-state index in [-0.39, 0.29) is 12.2 Å². The number of hydrogen-bond acceptors (Lipinski definition) is 2. The lowest BCUT2D eigenvalue weighted by Crippen LogP contribution is -2.18. The molecule has 0 saturated carbocycles. The number of ketones is 1. The minimum Gasteiger partial charge on any atom is -0.481 e. The Hall–Kier alpha value is -2.42. The average molecular weight is 338 g/mol. The molecule has 0 heterocycles. The lowest BCUT2D eigenvalue weighted by molar-refractivity contribution is -0.138. The topological polar surface area (TPSA) is 54.4 Å². The van der Waals surface area contributed by atoms with Crippen molar-refractivity contribution in [2.45, 2.75) is 51.9 Å². The molecule has 2 rings (SSSR count). The first-order valence-corrected chi connectivity index (χ1v) is 8.87. The maximum atomic E-state index is 12.6. The third kappa shape index (κ3) is 4.79. The molecule has 0 fully saturated rings. The summed E-state index contributed by atoms with van der Waals surface area (Å²) in [4.78, 5) is 24.4. The van der Waals surface area contributed by atoms with E-state index >= 15 is 0 Å². The Balaban J connectivity index is 2.24. The number of aryl methyl sites for hydroxylation is 1. The summed E-state index contributed by atoms with van der Waals surface area (Å²) in [7, 11) is 0. The molecule has 0 amide bonds. The molecule has 2 aromatic rings. The maximum Gasteiger partial charge on any atom is 0.311 e. The molecule has 0 aliphatic heterocycles. The zero-order valence-corrected chi connectivity index (χ0v) is 15.2. The van der Waals surface area contributed by atoms with Crippen LogP contribution in [-0.4, -0.2) is 16.9 Å². The van der Waals surface area contributed by atoms with Crippen LogP contribution in [0.5, 0.6) is 0 Å². The van der Waals surface area contributed by atoms with Gasteiger partial charge in [-0.15, -0.1) is 0 Å². The van der Waals surface area contributed by atoms with Crippen LogP contribution in [0.4, 0.5) is 0 Å². The van der Waals surface area contributed by atoms with E-state index in [1.165, 1.54) is 5.56 Å². The van der Waals surface area contributed by atoms with Gasteiger partial charge in [-0.25, -0.2) is 0 Å². The van der Waals surface area contributed by atoms with Gasteiger partial charge in [-0.3, -0.25) is 9.59 Å². The summed E-state index contributed by atoms with van der Waals surface area (Å²) in [6.45, 7) is 6.26. The van der Waals surface area contributed by atoms with Crippen LogP contribution in [0.3, 0.4) is 0 Å². The summed E-state index contributed by atoms with van der Waals surface area (Å²) >= 11 is 0. The highest BCUT2D eigenvalue weighted by Crippen LogP contribution is 2.27. The third-order valence-electron chi connectivity index (χ3n) is 4.54. The SMILES string of the molecule is CCCc1ccccc1C(CC(=O)c1ccc(C(C)C)cc1)C(=O)O. The highest BCUT2D eigenvalue weighted by molar-refractivity contribution is 5.99. The van der Waals surface area contributed by atoms with Gasteiger partial charge in [-0.05, 0) is 29.0 Å². The zero-order valence-electron chi connectivity index (χ0n) is 15.2. The Kier molecular flexibility index (Phi) is 6.51. The molecule has 0 aromatic heterocycles. The number of carboxylic acids is 1. The van der Waals surface area contributed by atoms with Crippen molar-refractivity contribution >= 4 is 11.8 Å². The molecule has 3 heteroatoms. The summed E-state index contributed by atoms with van der Waals surface area (Å²) in [5.41, 5.74) is 3.51. The summed E-state index contributed by atoms with van der Waals surface area (Å²) in [5.74, 6) is -1.48. The molecule has 132 valence electrons. The van der Waals surface area contributed by atoms with Crippen molar-refractivity contribution in [1.29, 1.82) is 0 Å². The van der Waals surface area contributed by atoms with Crippen molar-refractivity contribution in [3.8, 4) is 0 Å². The van der Waals surface area contributed by atoms with Crippen molar-refractivity contribution in [3.05, 3.63) is 70.8 Å². The number of carbonyl (C=O) groups excluding carboxylic acids is 1. The second kappa shape index (κ2) is 8.61. The van der Waals surface area contributed by atoms with Crippen molar-refractivity contribution in [2.75, 3.05) is 0 Å². The Morgan fingerprint density at radius 2 is 1.64 bits per heavy atom. The molecule has 0 spiro atoms. The maximum absolute atomic E-state index is 12.6. The van der Waals surface area contributed by atoms with Gasteiger partial charge in [-0.1, -0.05) is 75.7 Å². The number of carbonyl (C=O) groups is 2. The second-order valence-electron chi connectivity index (χ2n) is 6.74. The van der Waals surface area contributed by atoms with E-state index < -0.39 is 11.9 Å². The first kappa shape index (κ1) is 18.9. The molecule has 1 atom stereocenters. The molecule has 0 aliphatic rings. The van der Waals surface area contributed by atoms with Crippen LogP contribution in [0.25, 0.3) is 0 Å². The fraction of sp³-hybridized carbons (Fsp3) is 0.364. The van der Waals surface area contributed by atoms with E-state index in [0.29, 0.717) is 11.5 Å². The van der Waals surface area contributed by atoms with Gasteiger partial charge in [0.15, 0.2) is 5.78 Å². The van der Waals surface area contributed by atoms with Crippen LogP contribution in [-0.2, 0) is 11.2 Å². The van der Waals surface area contributed by atoms with Crippen LogP contribution in [0.1, 0.15) is 72.5 Å². The van der Waals surface area contributed by atoms with Gasteiger partial charge >= 0.3 is 5.97 Å². The lowest BCUT2D eigenvalue weighted by atomic mass is 9.87. The van der Waals surface area contributed by atoms with Crippen LogP contribution >= 0.6 is 0 Å². The van der Waals surface area contributed by atoms with Crippen LogP contribution in [0.2, 0.25) is 0 Å². The first-order valence-electron chi connectivity index (χ1n) is 8.87. The monoisotopic (exact) mass is 338 g/mol. The minimum absolute atomic E-state index is 0.0168. The normalized spacial score (nSPS) is 12.2. The number of hydrogen-bond donors (Lipinski definition) is 1. The van der Waals surface area contributed by atoms with Crippen molar-refractivity contribution in [2.24, 2.45) is 0 Å². The Morgan fingerprint density at radius 3 is 2.20 bits per heavy atom. The number of Topliss-reactive ketones (excluding diaryl/α,β-unsaturated/α-hetero) is 1. The van der Waals surface area contributed by atoms with E-state index in [4.69, 9.17) is 0 Å². The standard InChI is InChI=1S/C22H26O3/c1-4-7-17-8-5-6-9-19(17)20(22(24)25)14-21(23)18-12-10-16(11-13-18)15(2)3/h5-6,8-13,15,20H,4,7,14H2,1-3H3,(H,24,25). The van der Waals surface area contributed by atoms with Gasteiger partial charge in [0.2, 0.25) is 0 Å². The highest BCUT2D eigenvalue weighted by atomic mass is 16.4. The number of carboxylic acid groups (broad SMARTS) is 1. The molecular formula is C22H26O3. The second-order valence-corrected chi connectivity index (χ2v) is 6.74. The van der Waals surface area contributed by atoms with Gasteiger partial charge in [0.25, 0.3) is 0 Å². The fourth-order valence-electron chi connectivity index (χ4n) is 3.06. The van der Waals surface area contributed by atoms with E-state index in [0.717, 1.165) is 24.0 Å². The molecule has 0 aliphatic carbocycles. The number of rotatable bonds is 8. The van der Waals surface area contributed by atoms with Gasteiger partial charge in [0, 0.05) is 12.0 Å². The van der Waals surface area contributed by atoms with E-state index in [1.807, 2.05) is 36.4 Å². The summed E-state index contributed by atoms with van der Waals surface area (Å²) in [6, 6.07) is 15.0. The van der Waals surface area contributed by atoms with E-state index in [2.05, 4.69) is 20.8 Å². The molecule has 0 bridgehead atoms. The Bertz CT molecular complexity index is 729. The van der Waals surface area contributed by atoms with E-state index in [9.17, 15) is 14.7 Å². The predicted molar refractivity (Wildman–Crippen MR) is 100 cm³/mol. The number of benzene rings is 2. The van der Waals surface area contributed by atoms with Gasteiger partial charge in [0.1, 0.15) is 0 Å². The van der Waals surface area contributed by atoms with Gasteiger partial charge < -0.3 is 5.11 Å². The summed E-state index contributed by atoms with van der Waals surface area (Å²) < 4.78 is 0. The molecule has 3 nitrogen and oxygen atoms in total. The predicted octanol–water partition coefficient (Wildman–Crippen LogP) is 5.20. The quantitative estimate of drug-likeness (QED) is 0.673. The van der Waals surface area contributed by atoms with Gasteiger partial charge in [0.05, 0.1) is 5.92 Å². The summed E-state index contributed by atoms with van der Waals surface area (Å²) in [6.07, 6.45) is 1.74. The molecule has 2 aromatic carbocycles. The molecular weight excluding hydrogens is 312 g/mol. The smallest absolute Gasteiger partial charge is 0.311 e. The molecule has 0 saturated heterocycles. The van der Waals surface area contributed by atoms with Crippen LogP contribution in [0.15, 0.2) is 48.5 Å². The Labute approximate surface area is 149 Å². The van der Waals surface area contributed by atoms with Crippen molar-refractivity contribution in [3.63, 3.8) is 0 Å². The average Bonchev–Trinajstić information content (AvgIpc) is 2.60. The number of aliphatic carboxylic acids is 1. The van der Waals surface area contributed by atoms with Gasteiger partial charge in [-0.2, -0.15) is 0 Å².